The molecule has 4 N–H and O–H groups in total. The zero-order valence-electron chi connectivity index (χ0n) is 14.4. The Morgan fingerprint density at radius 1 is 1.12 bits per heavy atom. The van der Waals surface area contributed by atoms with Crippen LogP contribution in [0.3, 0.4) is 0 Å². The predicted molar refractivity (Wildman–Crippen MR) is 101 cm³/mol. The number of benzene rings is 1. The van der Waals surface area contributed by atoms with E-state index in [0.29, 0.717) is 5.56 Å². The van der Waals surface area contributed by atoms with Gasteiger partial charge in [0.1, 0.15) is 5.75 Å². The van der Waals surface area contributed by atoms with Gasteiger partial charge in [0, 0.05) is 21.9 Å². The molecule has 1 amide bonds. The number of aryl methyl sites for hydroxylation is 1. The average Bonchev–Trinajstić information content (AvgIpc) is 2.58. The summed E-state index contributed by atoms with van der Waals surface area (Å²) in [5.74, 6) is -1.27. The van der Waals surface area contributed by atoms with Crippen molar-refractivity contribution in [1.29, 1.82) is 0 Å². The number of ether oxygens (including phenoxy) is 1. The number of amides is 1. The van der Waals surface area contributed by atoms with Crippen LogP contribution in [0.4, 0.5) is 5.69 Å². The summed E-state index contributed by atoms with van der Waals surface area (Å²) in [5, 5.41) is 1.66. The number of nitrogen functional groups attached to an aromatic ring is 1. The zero-order chi connectivity index (χ0) is 20.1. The quantitative estimate of drug-likeness (QED) is 0.544. The van der Waals surface area contributed by atoms with E-state index in [1.807, 2.05) is 0 Å². The van der Waals surface area contributed by atoms with Gasteiger partial charge >= 0.3 is 0 Å². The minimum Gasteiger partial charge on any atom is -0.494 e. The minimum atomic E-state index is -3.52. The summed E-state index contributed by atoms with van der Waals surface area (Å²) in [5.41, 5.74) is 12.2. The number of carbonyl (C=O) groups is 1. The van der Waals surface area contributed by atoms with Gasteiger partial charge in [-0.1, -0.05) is 13.2 Å². The number of hydrogen-bond donors (Lipinski definition) is 2. The predicted octanol–water partition coefficient (Wildman–Crippen LogP) is 0.578. The van der Waals surface area contributed by atoms with Gasteiger partial charge in [-0.3, -0.25) is 4.79 Å². The Kier molecular flexibility index (Phi) is 6.99. The van der Waals surface area contributed by atoms with Crippen molar-refractivity contribution in [2.75, 3.05) is 24.3 Å². The van der Waals surface area contributed by atoms with Gasteiger partial charge in [-0.05, 0) is 24.5 Å². The van der Waals surface area contributed by atoms with Gasteiger partial charge in [0.15, 0.2) is 19.7 Å². The molecule has 0 spiro atoms. The van der Waals surface area contributed by atoms with E-state index in [4.69, 9.17) is 16.2 Å². The fourth-order valence-corrected chi connectivity index (χ4v) is 3.67. The van der Waals surface area contributed by atoms with Crippen LogP contribution < -0.4 is 16.2 Å². The Hall–Kier alpha value is -2.33. The van der Waals surface area contributed by atoms with E-state index < -0.39 is 25.6 Å². The molecule has 1 aromatic carbocycles. The van der Waals surface area contributed by atoms with Gasteiger partial charge in [0.25, 0.3) is 0 Å². The van der Waals surface area contributed by atoms with Crippen molar-refractivity contribution in [3.63, 3.8) is 0 Å². The second-order valence-electron chi connectivity index (χ2n) is 5.44. The van der Waals surface area contributed by atoms with E-state index in [1.165, 1.54) is 13.2 Å². The first-order chi connectivity index (χ1) is 12.0. The van der Waals surface area contributed by atoms with E-state index in [9.17, 15) is 21.6 Å². The van der Waals surface area contributed by atoms with Crippen LogP contribution in [-0.2, 0) is 32.5 Å². The molecular formula is C16H22N2O6S2. The van der Waals surface area contributed by atoms with Crippen LogP contribution in [-0.4, -0.2) is 41.4 Å². The summed E-state index contributed by atoms with van der Waals surface area (Å²) in [4.78, 5) is 11.8. The van der Waals surface area contributed by atoms with Crippen LogP contribution in [0.15, 0.2) is 30.0 Å². The lowest BCUT2D eigenvalue weighted by Gasteiger charge is -2.18. The molecule has 1 rings (SSSR count). The van der Waals surface area contributed by atoms with Crippen LogP contribution in [0.1, 0.15) is 21.5 Å². The number of anilines is 1. The number of primary amides is 1. The molecule has 10 heteroatoms. The maximum absolute atomic E-state index is 11.8. The van der Waals surface area contributed by atoms with Crippen molar-refractivity contribution in [3.8, 4) is 5.75 Å². The molecule has 0 aliphatic carbocycles. The molecule has 0 saturated carbocycles. The Bertz CT molecular complexity index is 934. The highest BCUT2D eigenvalue weighted by molar-refractivity contribution is 7.94. The molecule has 0 aliphatic heterocycles. The van der Waals surface area contributed by atoms with E-state index in [1.54, 1.807) is 0 Å². The van der Waals surface area contributed by atoms with Crippen molar-refractivity contribution in [2.45, 2.75) is 12.8 Å². The summed E-state index contributed by atoms with van der Waals surface area (Å²) < 4.78 is 51.8. The van der Waals surface area contributed by atoms with Crippen LogP contribution >= 0.6 is 0 Å². The SMILES string of the molecule is C=CS(=O)(=O)CCc1cc(C(N)=O)c(CCS(=O)(=O)C=C)c(OC)c1N. The number of carbonyl (C=O) groups excluding carboxylic acids is 1. The summed E-state index contributed by atoms with van der Waals surface area (Å²) in [6.07, 6.45) is -0.0483. The summed E-state index contributed by atoms with van der Waals surface area (Å²) in [7, 11) is -5.67. The molecule has 0 saturated heterocycles. The molecule has 0 aliphatic rings. The second-order valence-corrected chi connectivity index (χ2v) is 9.57. The van der Waals surface area contributed by atoms with Crippen LogP contribution in [0.25, 0.3) is 0 Å². The third-order valence-electron chi connectivity index (χ3n) is 3.78. The lowest BCUT2D eigenvalue weighted by atomic mass is 9.97. The molecule has 0 radical (unpaired) electrons. The lowest BCUT2D eigenvalue weighted by molar-refractivity contribution is 0.0999. The van der Waals surface area contributed by atoms with E-state index in [2.05, 4.69) is 13.2 Å². The number of rotatable bonds is 10. The van der Waals surface area contributed by atoms with Crippen molar-refractivity contribution >= 4 is 31.3 Å². The summed E-state index contributed by atoms with van der Waals surface area (Å²) >= 11 is 0. The Morgan fingerprint density at radius 2 is 1.62 bits per heavy atom. The molecular weight excluding hydrogens is 380 g/mol. The first kappa shape index (κ1) is 21.7. The maximum Gasteiger partial charge on any atom is 0.249 e. The average molecular weight is 402 g/mol. The number of methoxy groups -OCH3 is 1. The third kappa shape index (κ3) is 5.33. The number of hydrogen-bond acceptors (Lipinski definition) is 7. The van der Waals surface area contributed by atoms with E-state index >= 15 is 0 Å². The number of nitrogens with two attached hydrogens (primary N) is 2. The molecule has 1 aromatic rings. The van der Waals surface area contributed by atoms with Gasteiger partial charge in [-0.2, -0.15) is 0 Å². The first-order valence-corrected chi connectivity index (χ1v) is 10.9. The molecule has 0 heterocycles. The van der Waals surface area contributed by atoms with Crippen LogP contribution in [0, 0.1) is 0 Å². The van der Waals surface area contributed by atoms with Crippen LogP contribution in [0.2, 0.25) is 0 Å². The zero-order valence-corrected chi connectivity index (χ0v) is 16.0. The van der Waals surface area contributed by atoms with Gasteiger partial charge in [0.2, 0.25) is 5.91 Å². The molecule has 0 bridgehead atoms. The highest BCUT2D eigenvalue weighted by Gasteiger charge is 2.22. The number of sulfone groups is 2. The summed E-state index contributed by atoms with van der Waals surface area (Å²) in [6.45, 7) is 6.46. The Morgan fingerprint density at radius 3 is 2.04 bits per heavy atom. The van der Waals surface area contributed by atoms with E-state index in [0.717, 1.165) is 10.8 Å². The van der Waals surface area contributed by atoms with E-state index in [-0.39, 0.29) is 46.9 Å². The Labute approximate surface area is 153 Å². The normalized spacial score (nSPS) is 11.7. The highest BCUT2D eigenvalue weighted by Crippen LogP contribution is 2.34. The first-order valence-electron chi connectivity index (χ1n) is 7.46. The topological polar surface area (TPSA) is 147 Å². The third-order valence-corrected chi connectivity index (χ3v) is 6.34. The smallest absolute Gasteiger partial charge is 0.249 e. The molecule has 26 heavy (non-hydrogen) atoms. The summed E-state index contributed by atoms with van der Waals surface area (Å²) in [6, 6.07) is 1.37. The van der Waals surface area contributed by atoms with Crippen molar-refractivity contribution < 1.29 is 26.4 Å². The second kappa shape index (κ2) is 8.37. The molecule has 0 fully saturated rings. The molecule has 0 atom stereocenters. The highest BCUT2D eigenvalue weighted by atomic mass is 32.2. The monoisotopic (exact) mass is 402 g/mol. The lowest BCUT2D eigenvalue weighted by Crippen LogP contribution is -2.19. The maximum atomic E-state index is 11.8. The minimum absolute atomic E-state index is 0.0159. The molecule has 0 aromatic heterocycles. The van der Waals surface area contributed by atoms with Gasteiger partial charge in [0.05, 0.1) is 24.3 Å². The van der Waals surface area contributed by atoms with Crippen molar-refractivity contribution in [1.82, 2.24) is 0 Å². The standard InChI is InChI=1S/C16H22N2O6S2/c1-4-25(20,21)8-6-11-10-13(16(18)19)12(15(24-3)14(11)17)7-9-26(22,23)5-2/h4-5,10H,1-2,6-9,17H2,3H3,(H2,18,19). The van der Waals surface area contributed by atoms with Crippen molar-refractivity contribution in [3.05, 3.63) is 46.7 Å². The molecule has 144 valence electrons. The largest absolute Gasteiger partial charge is 0.494 e. The van der Waals surface area contributed by atoms with Crippen LogP contribution in [0.5, 0.6) is 5.75 Å². The van der Waals surface area contributed by atoms with Gasteiger partial charge in [-0.25, -0.2) is 16.8 Å². The Balaban J connectivity index is 3.43. The fourth-order valence-electron chi connectivity index (χ4n) is 2.34. The molecule has 8 nitrogen and oxygen atoms in total. The fraction of sp³-hybridized carbons (Fsp3) is 0.312. The molecule has 0 unspecified atom stereocenters. The van der Waals surface area contributed by atoms with Crippen molar-refractivity contribution in [2.24, 2.45) is 5.73 Å². The van der Waals surface area contributed by atoms with Gasteiger partial charge in [-0.15, -0.1) is 0 Å². The van der Waals surface area contributed by atoms with Gasteiger partial charge < -0.3 is 16.2 Å².